The lowest BCUT2D eigenvalue weighted by molar-refractivity contribution is -0.142. The Morgan fingerprint density at radius 2 is 1.90 bits per heavy atom. The van der Waals surface area contributed by atoms with Crippen molar-refractivity contribution in [3.05, 3.63) is 56.8 Å². The zero-order valence-electron chi connectivity index (χ0n) is 18.0. The van der Waals surface area contributed by atoms with Crippen molar-refractivity contribution in [3.8, 4) is 6.07 Å². The molecule has 1 aromatic heterocycles. The molecular formula is C23H25Cl2N3O3. The van der Waals surface area contributed by atoms with E-state index < -0.39 is 18.5 Å². The number of hydrogen-bond donors (Lipinski definition) is 1. The molecule has 1 amide bonds. The van der Waals surface area contributed by atoms with Crippen molar-refractivity contribution in [1.82, 2.24) is 4.57 Å². The molecule has 0 fully saturated rings. The van der Waals surface area contributed by atoms with Crippen molar-refractivity contribution in [1.29, 1.82) is 5.26 Å². The lowest BCUT2D eigenvalue weighted by Gasteiger charge is -2.11. The first-order chi connectivity index (χ1) is 14.6. The van der Waals surface area contributed by atoms with Crippen LogP contribution in [0.2, 0.25) is 10.0 Å². The van der Waals surface area contributed by atoms with Gasteiger partial charge in [0.2, 0.25) is 0 Å². The zero-order valence-corrected chi connectivity index (χ0v) is 19.5. The number of halogens is 2. The number of nitrogens with one attached hydrogen (secondary N) is 1. The number of aromatic nitrogens is 1. The highest BCUT2D eigenvalue weighted by molar-refractivity contribution is 6.39. The summed E-state index contributed by atoms with van der Waals surface area (Å²) < 4.78 is 7.16. The highest BCUT2D eigenvalue weighted by Gasteiger charge is 2.17. The number of para-hydroxylation sites is 1. The van der Waals surface area contributed by atoms with Crippen LogP contribution in [0, 0.1) is 31.1 Å². The summed E-state index contributed by atoms with van der Waals surface area (Å²) in [7, 11) is 0. The Bertz CT molecular complexity index is 1030. The van der Waals surface area contributed by atoms with Crippen molar-refractivity contribution in [2.45, 2.75) is 40.7 Å². The second-order valence-electron chi connectivity index (χ2n) is 7.55. The molecule has 2 aromatic rings. The maximum Gasteiger partial charge on any atom is 0.349 e. The summed E-state index contributed by atoms with van der Waals surface area (Å²) >= 11 is 12.0. The molecule has 0 aliphatic carbocycles. The predicted octanol–water partition coefficient (Wildman–Crippen LogP) is 5.55. The second kappa shape index (κ2) is 11.0. The molecule has 1 aromatic carbocycles. The van der Waals surface area contributed by atoms with Crippen molar-refractivity contribution >= 4 is 46.8 Å². The van der Waals surface area contributed by atoms with Gasteiger partial charge in [-0.05, 0) is 56.0 Å². The van der Waals surface area contributed by atoms with Gasteiger partial charge in [-0.2, -0.15) is 5.26 Å². The van der Waals surface area contributed by atoms with Crippen LogP contribution < -0.4 is 5.32 Å². The number of hydrogen-bond acceptors (Lipinski definition) is 4. The van der Waals surface area contributed by atoms with Crippen molar-refractivity contribution < 1.29 is 14.3 Å². The molecule has 0 saturated heterocycles. The largest absolute Gasteiger partial charge is 0.451 e. The second-order valence-corrected chi connectivity index (χ2v) is 8.37. The van der Waals surface area contributed by atoms with Gasteiger partial charge in [-0.25, -0.2) is 4.79 Å². The molecule has 0 aliphatic heterocycles. The average Bonchev–Trinajstić information content (AvgIpc) is 2.98. The van der Waals surface area contributed by atoms with E-state index in [0.29, 0.717) is 5.92 Å². The standard InChI is InChI=1S/C23H25Cl2N3O3/c1-14(2)8-9-28-15(3)10-17(16(28)4)11-18(12-26)23(30)31-13-21(29)27-22-19(24)6-5-7-20(22)25/h5-7,10-11,14H,8-9,13H2,1-4H3,(H,27,29)/b18-11+. The van der Waals surface area contributed by atoms with E-state index >= 15 is 0 Å². The molecule has 0 saturated carbocycles. The fraction of sp³-hybridized carbons (Fsp3) is 0.348. The normalized spacial score (nSPS) is 11.4. The molecule has 0 unspecified atom stereocenters. The van der Waals surface area contributed by atoms with Gasteiger partial charge in [-0.3, -0.25) is 4.79 Å². The van der Waals surface area contributed by atoms with Crippen molar-refractivity contribution in [2.75, 3.05) is 11.9 Å². The monoisotopic (exact) mass is 461 g/mol. The SMILES string of the molecule is Cc1cc(/C=C(\C#N)C(=O)OCC(=O)Nc2c(Cl)cccc2Cl)c(C)n1CCC(C)C. The number of esters is 1. The first kappa shape index (κ1) is 24.5. The van der Waals surface area contributed by atoms with Crippen LogP contribution in [0.1, 0.15) is 37.2 Å². The molecule has 0 aliphatic rings. The number of anilines is 1. The molecule has 31 heavy (non-hydrogen) atoms. The van der Waals surface area contributed by atoms with E-state index in [1.165, 1.54) is 6.08 Å². The van der Waals surface area contributed by atoms with Crippen LogP contribution in [0.3, 0.4) is 0 Å². The number of benzene rings is 1. The van der Waals surface area contributed by atoms with Gasteiger partial charge in [0.05, 0.1) is 15.7 Å². The molecule has 0 spiro atoms. The summed E-state index contributed by atoms with van der Waals surface area (Å²) in [4.78, 5) is 24.4. The summed E-state index contributed by atoms with van der Waals surface area (Å²) in [5, 5.41) is 12.4. The molecule has 8 heteroatoms. The molecule has 2 rings (SSSR count). The first-order valence-electron chi connectivity index (χ1n) is 9.83. The van der Waals surface area contributed by atoms with Gasteiger partial charge in [-0.15, -0.1) is 0 Å². The Labute approximate surface area is 192 Å². The van der Waals surface area contributed by atoms with E-state index in [-0.39, 0.29) is 21.3 Å². The molecule has 6 nitrogen and oxygen atoms in total. The molecule has 0 radical (unpaired) electrons. The van der Waals surface area contributed by atoms with Crippen LogP contribution in [0.5, 0.6) is 0 Å². The van der Waals surface area contributed by atoms with Gasteiger partial charge in [0.25, 0.3) is 5.91 Å². The number of carbonyl (C=O) groups is 2. The highest BCUT2D eigenvalue weighted by atomic mass is 35.5. The minimum Gasteiger partial charge on any atom is -0.451 e. The van der Waals surface area contributed by atoms with E-state index in [4.69, 9.17) is 27.9 Å². The Balaban J connectivity index is 2.07. The van der Waals surface area contributed by atoms with Crippen LogP contribution in [0.15, 0.2) is 29.8 Å². The maximum absolute atomic E-state index is 12.3. The summed E-state index contributed by atoms with van der Waals surface area (Å²) in [6.45, 7) is 8.54. The number of aryl methyl sites for hydroxylation is 1. The van der Waals surface area contributed by atoms with E-state index in [2.05, 4.69) is 23.7 Å². The third-order valence-electron chi connectivity index (χ3n) is 4.74. The Morgan fingerprint density at radius 3 is 2.48 bits per heavy atom. The van der Waals surface area contributed by atoms with Gasteiger partial charge >= 0.3 is 5.97 Å². The quantitative estimate of drug-likeness (QED) is 0.317. The number of amides is 1. The van der Waals surface area contributed by atoms with E-state index in [1.807, 2.05) is 26.0 Å². The number of nitrogens with zero attached hydrogens (tertiary/aromatic N) is 2. The minimum absolute atomic E-state index is 0.187. The molecule has 0 bridgehead atoms. The fourth-order valence-corrected chi connectivity index (χ4v) is 3.49. The maximum atomic E-state index is 12.3. The highest BCUT2D eigenvalue weighted by Crippen LogP contribution is 2.29. The average molecular weight is 462 g/mol. The number of ether oxygens (including phenoxy) is 1. The number of rotatable bonds is 8. The summed E-state index contributed by atoms with van der Waals surface area (Å²) in [6, 6.07) is 8.56. The Kier molecular flexibility index (Phi) is 8.73. The lowest BCUT2D eigenvalue weighted by atomic mass is 10.1. The van der Waals surface area contributed by atoms with Crippen LogP contribution in [-0.4, -0.2) is 23.1 Å². The van der Waals surface area contributed by atoms with E-state index in [0.717, 1.165) is 29.9 Å². The van der Waals surface area contributed by atoms with Gasteiger partial charge in [0.15, 0.2) is 6.61 Å². The van der Waals surface area contributed by atoms with E-state index in [9.17, 15) is 14.9 Å². The first-order valence-corrected chi connectivity index (χ1v) is 10.6. The minimum atomic E-state index is -0.880. The predicted molar refractivity (Wildman–Crippen MR) is 123 cm³/mol. The van der Waals surface area contributed by atoms with Gasteiger partial charge in [0, 0.05) is 17.9 Å². The van der Waals surface area contributed by atoms with Crippen molar-refractivity contribution in [3.63, 3.8) is 0 Å². The molecule has 164 valence electrons. The van der Waals surface area contributed by atoms with Gasteiger partial charge in [-0.1, -0.05) is 43.1 Å². The summed E-state index contributed by atoms with van der Waals surface area (Å²) in [6.07, 6.45) is 2.51. The van der Waals surface area contributed by atoms with Crippen molar-refractivity contribution in [2.24, 2.45) is 5.92 Å². The fourth-order valence-electron chi connectivity index (χ4n) is 3.00. The van der Waals surface area contributed by atoms with Crippen LogP contribution in [0.25, 0.3) is 6.08 Å². The number of carbonyl (C=O) groups excluding carboxylic acids is 2. The Morgan fingerprint density at radius 1 is 1.26 bits per heavy atom. The van der Waals surface area contributed by atoms with E-state index in [1.54, 1.807) is 18.2 Å². The summed E-state index contributed by atoms with van der Waals surface area (Å²) in [5.41, 5.74) is 2.82. The summed E-state index contributed by atoms with van der Waals surface area (Å²) in [5.74, 6) is -0.931. The van der Waals surface area contributed by atoms with Crippen LogP contribution >= 0.6 is 23.2 Å². The topological polar surface area (TPSA) is 84.1 Å². The number of nitriles is 1. The smallest absolute Gasteiger partial charge is 0.349 e. The molecule has 0 atom stereocenters. The molecule has 1 N–H and O–H groups in total. The lowest BCUT2D eigenvalue weighted by Crippen LogP contribution is -2.21. The van der Waals surface area contributed by atoms with Gasteiger partial charge in [0.1, 0.15) is 11.6 Å². The third-order valence-corrected chi connectivity index (χ3v) is 5.37. The van der Waals surface area contributed by atoms with Crippen LogP contribution in [0.4, 0.5) is 5.69 Å². The molecule has 1 heterocycles. The zero-order chi connectivity index (χ0) is 23.1. The molecular weight excluding hydrogens is 437 g/mol. The van der Waals surface area contributed by atoms with Gasteiger partial charge < -0.3 is 14.6 Å². The Hall–Kier alpha value is -2.75. The third kappa shape index (κ3) is 6.61. The van der Waals surface area contributed by atoms with Crippen LogP contribution in [-0.2, 0) is 20.9 Å².